The molecular formula is C23H29ClN2O3. The molecule has 1 aliphatic rings. The van der Waals surface area contributed by atoms with Crippen molar-refractivity contribution in [2.45, 2.75) is 64.7 Å². The largest absolute Gasteiger partial charge is 0.372 e. The minimum Gasteiger partial charge on any atom is -0.372 e. The molecule has 2 atom stereocenters. The highest BCUT2D eigenvalue weighted by Crippen LogP contribution is 2.25. The maximum atomic E-state index is 11.8. The first-order chi connectivity index (χ1) is 14.1. The van der Waals surface area contributed by atoms with Gasteiger partial charge in [0.1, 0.15) is 0 Å². The zero-order chi connectivity index (χ0) is 20.6. The second kappa shape index (κ2) is 10.7. The molecule has 5 nitrogen and oxygen atoms in total. The van der Waals surface area contributed by atoms with Gasteiger partial charge in [0.25, 0.3) is 0 Å². The Morgan fingerprint density at radius 3 is 2.72 bits per heavy atom. The SMILES string of the molecule is CCCC(=O)ON1CCC(OCc2cc(-c3ccc(Cl)cc3)ccn2)C[C@@H]1CC. The summed E-state index contributed by atoms with van der Waals surface area (Å²) in [6.45, 7) is 5.27. The van der Waals surface area contributed by atoms with E-state index in [9.17, 15) is 4.79 Å². The summed E-state index contributed by atoms with van der Waals surface area (Å²) >= 11 is 5.98. The summed E-state index contributed by atoms with van der Waals surface area (Å²) in [5.41, 5.74) is 3.10. The zero-order valence-electron chi connectivity index (χ0n) is 17.1. The Morgan fingerprint density at radius 1 is 1.21 bits per heavy atom. The molecule has 1 unspecified atom stereocenters. The molecule has 6 heteroatoms. The van der Waals surface area contributed by atoms with Crippen LogP contribution in [0.1, 0.15) is 51.6 Å². The van der Waals surface area contributed by atoms with Crippen molar-refractivity contribution in [2.75, 3.05) is 6.54 Å². The van der Waals surface area contributed by atoms with Gasteiger partial charge in [0, 0.05) is 30.2 Å². The number of aromatic nitrogens is 1. The number of hydrogen-bond acceptors (Lipinski definition) is 5. The Labute approximate surface area is 177 Å². The third-order valence-electron chi connectivity index (χ3n) is 5.22. The topological polar surface area (TPSA) is 51.7 Å². The van der Waals surface area contributed by atoms with Gasteiger partial charge in [-0.2, -0.15) is 0 Å². The van der Waals surface area contributed by atoms with Gasteiger partial charge in [-0.15, -0.1) is 5.06 Å². The summed E-state index contributed by atoms with van der Waals surface area (Å²) in [6.07, 6.45) is 5.83. The van der Waals surface area contributed by atoms with Crippen molar-refractivity contribution in [1.29, 1.82) is 0 Å². The molecule has 0 spiro atoms. The lowest BCUT2D eigenvalue weighted by Gasteiger charge is -2.37. The Hall–Kier alpha value is -1.95. The van der Waals surface area contributed by atoms with Gasteiger partial charge >= 0.3 is 5.97 Å². The van der Waals surface area contributed by atoms with Crippen LogP contribution in [0, 0.1) is 0 Å². The van der Waals surface area contributed by atoms with Crippen LogP contribution in [0.25, 0.3) is 11.1 Å². The highest BCUT2D eigenvalue weighted by molar-refractivity contribution is 6.30. The molecule has 3 rings (SSSR count). The predicted octanol–water partition coefficient (Wildman–Crippen LogP) is 5.42. The van der Waals surface area contributed by atoms with Gasteiger partial charge in [0.15, 0.2) is 0 Å². The van der Waals surface area contributed by atoms with Crippen molar-refractivity contribution in [1.82, 2.24) is 10.0 Å². The molecular weight excluding hydrogens is 388 g/mol. The predicted molar refractivity (Wildman–Crippen MR) is 114 cm³/mol. The number of hydroxylamine groups is 2. The molecule has 1 saturated heterocycles. The van der Waals surface area contributed by atoms with E-state index in [2.05, 4.69) is 18.0 Å². The number of halogens is 1. The molecule has 1 aromatic carbocycles. The minimum absolute atomic E-state index is 0.141. The Morgan fingerprint density at radius 2 is 2.00 bits per heavy atom. The number of hydrogen-bond donors (Lipinski definition) is 0. The molecule has 1 fully saturated rings. The van der Waals surface area contributed by atoms with Crippen LogP contribution in [0.3, 0.4) is 0 Å². The number of benzene rings is 1. The van der Waals surface area contributed by atoms with Crippen molar-refractivity contribution < 1.29 is 14.4 Å². The van der Waals surface area contributed by atoms with Crippen molar-refractivity contribution in [3.8, 4) is 11.1 Å². The van der Waals surface area contributed by atoms with Crippen LogP contribution in [0.4, 0.5) is 0 Å². The van der Waals surface area contributed by atoms with E-state index in [1.54, 1.807) is 0 Å². The molecule has 2 aromatic rings. The maximum Gasteiger partial charge on any atom is 0.325 e. The molecule has 0 amide bonds. The van der Waals surface area contributed by atoms with Gasteiger partial charge in [0.05, 0.1) is 18.4 Å². The van der Waals surface area contributed by atoms with Gasteiger partial charge in [0.2, 0.25) is 0 Å². The molecule has 0 radical (unpaired) electrons. The van der Waals surface area contributed by atoms with E-state index in [0.717, 1.165) is 47.5 Å². The highest BCUT2D eigenvalue weighted by atomic mass is 35.5. The highest BCUT2D eigenvalue weighted by Gasteiger charge is 2.30. The number of ether oxygens (including phenoxy) is 1. The average Bonchev–Trinajstić information content (AvgIpc) is 2.74. The molecule has 0 saturated carbocycles. The Balaban J connectivity index is 1.55. The zero-order valence-corrected chi connectivity index (χ0v) is 17.9. The van der Waals surface area contributed by atoms with Crippen molar-refractivity contribution in [3.05, 3.63) is 53.3 Å². The summed E-state index contributed by atoms with van der Waals surface area (Å²) in [7, 11) is 0. The lowest BCUT2D eigenvalue weighted by molar-refractivity contribution is -0.217. The summed E-state index contributed by atoms with van der Waals surface area (Å²) in [6, 6.07) is 12.0. The van der Waals surface area contributed by atoms with E-state index in [1.807, 2.05) is 48.5 Å². The lowest BCUT2D eigenvalue weighted by atomic mass is 9.99. The van der Waals surface area contributed by atoms with Crippen LogP contribution in [-0.2, 0) is 21.0 Å². The molecule has 2 heterocycles. The normalized spacial score (nSPS) is 19.8. The summed E-state index contributed by atoms with van der Waals surface area (Å²) < 4.78 is 6.16. The fourth-order valence-corrected chi connectivity index (χ4v) is 3.72. The van der Waals surface area contributed by atoms with E-state index in [-0.39, 0.29) is 18.1 Å². The van der Waals surface area contributed by atoms with E-state index in [0.29, 0.717) is 19.6 Å². The van der Waals surface area contributed by atoms with Crippen LogP contribution < -0.4 is 0 Å². The van der Waals surface area contributed by atoms with Gasteiger partial charge < -0.3 is 9.57 Å². The van der Waals surface area contributed by atoms with Crippen molar-refractivity contribution in [2.24, 2.45) is 0 Å². The molecule has 0 N–H and O–H groups in total. The third-order valence-corrected chi connectivity index (χ3v) is 5.47. The summed E-state index contributed by atoms with van der Waals surface area (Å²) in [5.74, 6) is -0.145. The van der Waals surface area contributed by atoms with Crippen LogP contribution in [0.15, 0.2) is 42.6 Å². The minimum atomic E-state index is -0.145. The molecule has 1 aliphatic heterocycles. The first kappa shape index (κ1) is 21.8. The van der Waals surface area contributed by atoms with E-state index in [4.69, 9.17) is 21.2 Å². The maximum absolute atomic E-state index is 11.8. The van der Waals surface area contributed by atoms with Crippen LogP contribution >= 0.6 is 11.6 Å². The smallest absolute Gasteiger partial charge is 0.325 e. The van der Waals surface area contributed by atoms with Crippen LogP contribution in [-0.4, -0.2) is 34.7 Å². The Kier molecular flexibility index (Phi) is 8.04. The molecule has 1 aromatic heterocycles. The second-order valence-electron chi connectivity index (χ2n) is 7.42. The fourth-order valence-electron chi connectivity index (χ4n) is 3.60. The summed E-state index contributed by atoms with van der Waals surface area (Å²) in [4.78, 5) is 21.8. The molecule has 29 heavy (non-hydrogen) atoms. The standard InChI is InChI=1S/C23H29ClN2O3/c1-3-5-23(27)29-26-13-11-22(15-21(26)4-2)28-16-20-14-18(10-12-25-20)17-6-8-19(24)9-7-17/h6-10,12,14,21-22H,3-5,11,13,15-16H2,1-2H3/t21-,22?/m0/s1. The number of piperidine rings is 1. The monoisotopic (exact) mass is 416 g/mol. The first-order valence-electron chi connectivity index (χ1n) is 10.4. The van der Waals surface area contributed by atoms with Crippen LogP contribution in [0.2, 0.25) is 5.02 Å². The number of pyridine rings is 1. The second-order valence-corrected chi connectivity index (χ2v) is 7.85. The molecule has 0 aliphatic carbocycles. The molecule has 0 bridgehead atoms. The van der Waals surface area contributed by atoms with E-state index < -0.39 is 0 Å². The number of nitrogens with zero attached hydrogens (tertiary/aromatic N) is 2. The first-order valence-corrected chi connectivity index (χ1v) is 10.8. The van der Waals surface area contributed by atoms with Gasteiger partial charge in [-0.3, -0.25) is 9.78 Å². The van der Waals surface area contributed by atoms with Gasteiger partial charge in [-0.1, -0.05) is 37.6 Å². The molecule has 156 valence electrons. The fraction of sp³-hybridized carbons (Fsp3) is 0.478. The summed E-state index contributed by atoms with van der Waals surface area (Å²) in [5, 5.41) is 2.57. The Bertz CT molecular complexity index is 797. The third kappa shape index (κ3) is 6.26. The van der Waals surface area contributed by atoms with Crippen LogP contribution in [0.5, 0.6) is 0 Å². The number of carbonyl (C=O) groups excluding carboxylic acids is 1. The van der Waals surface area contributed by atoms with E-state index in [1.165, 1.54) is 0 Å². The number of carbonyl (C=O) groups is 1. The van der Waals surface area contributed by atoms with Crippen molar-refractivity contribution >= 4 is 17.6 Å². The lowest BCUT2D eigenvalue weighted by Crippen LogP contribution is -2.45. The quantitative estimate of drug-likeness (QED) is 0.575. The van der Waals surface area contributed by atoms with Gasteiger partial charge in [-0.25, -0.2) is 0 Å². The number of rotatable bonds is 8. The van der Waals surface area contributed by atoms with Gasteiger partial charge in [-0.05, 0) is 61.1 Å². The van der Waals surface area contributed by atoms with E-state index >= 15 is 0 Å². The average molecular weight is 417 g/mol. The van der Waals surface area contributed by atoms with Crippen molar-refractivity contribution in [3.63, 3.8) is 0 Å².